The van der Waals surface area contributed by atoms with Gasteiger partial charge in [-0.3, -0.25) is 0 Å². The van der Waals surface area contributed by atoms with Gasteiger partial charge < -0.3 is 0 Å². The van der Waals surface area contributed by atoms with Crippen LogP contribution in [0.3, 0.4) is 0 Å². The minimum atomic E-state index is -3.70. The maximum atomic E-state index is 12.8. The molecule has 3 aromatic rings. The number of rotatable bonds is 2. The van der Waals surface area contributed by atoms with Gasteiger partial charge in [-0.2, -0.15) is 0 Å². The topological polar surface area (TPSA) is 52.0 Å². The van der Waals surface area contributed by atoms with Gasteiger partial charge in [0.15, 0.2) is 5.15 Å². The fourth-order valence-corrected chi connectivity index (χ4v) is 4.66. The van der Waals surface area contributed by atoms with E-state index in [1.54, 1.807) is 42.7 Å². The van der Waals surface area contributed by atoms with E-state index in [9.17, 15) is 8.42 Å². The Bertz CT molecular complexity index is 934. The summed E-state index contributed by atoms with van der Waals surface area (Å²) in [6.45, 7) is 1.91. The highest BCUT2D eigenvalue weighted by Crippen LogP contribution is 2.30. The van der Waals surface area contributed by atoms with Crippen LogP contribution in [0.2, 0.25) is 5.15 Å². The molecule has 3 rings (SSSR count). The van der Waals surface area contributed by atoms with Crippen LogP contribution in [0.4, 0.5) is 0 Å². The quantitative estimate of drug-likeness (QED) is 0.457. The molecular weight excluding hydrogens is 423 g/mol. The van der Waals surface area contributed by atoms with Crippen LogP contribution in [0.1, 0.15) is 5.56 Å². The zero-order chi connectivity index (χ0) is 15.2. The van der Waals surface area contributed by atoms with Crippen LogP contribution in [0, 0.1) is 10.5 Å². The minimum absolute atomic E-state index is 0.172. The monoisotopic (exact) mass is 432 g/mol. The number of benzene rings is 1. The third kappa shape index (κ3) is 2.45. The highest BCUT2D eigenvalue weighted by atomic mass is 127. The van der Waals surface area contributed by atoms with Crippen molar-refractivity contribution in [3.8, 4) is 0 Å². The molecule has 0 atom stereocenters. The molecule has 7 heteroatoms. The van der Waals surface area contributed by atoms with E-state index in [0.717, 1.165) is 14.5 Å². The third-order valence-electron chi connectivity index (χ3n) is 3.17. The van der Waals surface area contributed by atoms with Crippen molar-refractivity contribution in [2.75, 3.05) is 0 Å². The lowest BCUT2D eigenvalue weighted by atomic mass is 10.2. The Morgan fingerprint density at radius 2 is 1.86 bits per heavy atom. The van der Waals surface area contributed by atoms with Gasteiger partial charge in [0.1, 0.15) is 5.52 Å². The summed E-state index contributed by atoms with van der Waals surface area (Å²) in [5, 5.41) is 0.942. The fourth-order valence-electron chi connectivity index (χ4n) is 2.08. The highest BCUT2D eigenvalue weighted by molar-refractivity contribution is 14.1. The SMILES string of the molecule is Cc1ccc(S(=O)(=O)n2cc(I)c3ccnc(Cl)c32)cc1. The molecular formula is C14H10ClIN2O2S. The van der Waals surface area contributed by atoms with Crippen molar-refractivity contribution in [2.24, 2.45) is 0 Å². The van der Waals surface area contributed by atoms with Crippen LogP contribution >= 0.6 is 34.2 Å². The summed E-state index contributed by atoms with van der Waals surface area (Å²) in [4.78, 5) is 4.20. The molecule has 0 saturated carbocycles. The number of aromatic nitrogens is 2. The van der Waals surface area contributed by atoms with E-state index < -0.39 is 10.0 Å². The van der Waals surface area contributed by atoms with E-state index >= 15 is 0 Å². The summed E-state index contributed by atoms with van der Waals surface area (Å²) in [6.07, 6.45) is 3.13. The molecule has 0 amide bonds. The Labute approximate surface area is 140 Å². The predicted octanol–water partition coefficient (Wildman–Crippen LogP) is 3.84. The molecule has 2 aromatic heterocycles. The summed E-state index contributed by atoms with van der Waals surface area (Å²) >= 11 is 8.18. The first-order valence-corrected chi connectivity index (χ1v) is 8.94. The van der Waals surface area contributed by atoms with E-state index in [0.29, 0.717) is 5.52 Å². The molecule has 0 spiro atoms. The van der Waals surface area contributed by atoms with Gasteiger partial charge in [-0.1, -0.05) is 29.3 Å². The molecule has 2 heterocycles. The van der Waals surface area contributed by atoms with Crippen molar-refractivity contribution in [1.82, 2.24) is 8.96 Å². The molecule has 21 heavy (non-hydrogen) atoms. The number of halogens is 2. The summed E-state index contributed by atoms with van der Waals surface area (Å²) in [6, 6.07) is 8.47. The van der Waals surface area contributed by atoms with Crippen LogP contribution < -0.4 is 0 Å². The molecule has 4 nitrogen and oxygen atoms in total. The standard InChI is InChI=1S/C14H10ClIN2O2S/c1-9-2-4-10(5-3-9)21(19,20)18-8-12(16)11-6-7-17-14(15)13(11)18/h2-8H,1H3. The van der Waals surface area contributed by atoms with Crippen molar-refractivity contribution in [3.63, 3.8) is 0 Å². The van der Waals surface area contributed by atoms with Gasteiger partial charge in [-0.15, -0.1) is 0 Å². The molecule has 0 unspecified atom stereocenters. The van der Waals surface area contributed by atoms with Gasteiger partial charge in [-0.05, 0) is 47.7 Å². The lowest BCUT2D eigenvalue weighted by molar-refractivity contribution is 0.589. The Balaban J connectivity index is 2.32. The first kappa shape index (κ1) is 14.8. The smallest absolute Gasteiger partial charge is 0.242 e. The third-order valence-corrected chi connectivity index (χ3v) is 5.98. The zero-order valence-electron chi connectivity index (χ0n) is 10.9. The number of hydrogen-bond acceptors (Lipinski definition) is 3. The second kappa shape index (κ2) is 5.26. The van der Waals surface area contributed by atoms with Gasteiger partial charge in [0, 0.05) is 21.4 Å². The van der Waals surface area contributed by atoms with Crippen LogP contribution in [0.15, 0.2) is 47.6 Å². The summed E-state index contributed by atoms with van der Waals surface area (Å²) in [5.41, 5.74) is 1.41. The Kier molecular flexibility index (Phi) is 3.71. The minimum Gasteiger partial charge on any atom is -0.242 e. The summed E-state index contributed by atoms with van der Waals surface area (Å²) < 4.78 is 27.6. The molecule has 0 aliphatic carbocycles. The molecule has 0 N–H and O–H groups in total. The molecule has 0 radical (unpaired) electrons. The number of fused-ring (bicyclic) bond motifs is 1. The maximum absolute atomic E-state index is 12.8. The van der Waals surface area contributed by atoms with E-state index in [-0.39, 0.29) is 10.0 Å². The van der Waals surface area contributed by atoms with E-state index in [4.69, 9.17) is 11.6 Å². The lowest BCUT2D eigenvalue weighted by Crippen LogP contribution is -2.12. The number of pyridine rings is 1. The average molecular weight is 433 g/mol. The van der Waals surface area contributed by atoms with Gasteiger partial charge in [0.25, 0.3) is 10.0 Å². The van der Waals surface area contributed by atoms with Crippen LogP contribution in [-0.4, -0.2) is 17.4 Å². The van der Waals surface area contributed by atoms with Gasteiger partial charge in [0.05, 0.1) is 4.90 Å². The van der Waals surface area contributed by atoms with E-state index in [1.165, 1.54) is 3.97 Å². The lowest BCUT2D eigenvalue weighted by Gasteiger charge is -2.08. The maximum Gasteiger partial charge on any atom is 0.268 e. The largest absolute Gasteiger partial charge is 0.268 e. The molecule has 0 fully saturated rings. The van der Waals surface area contributed by atoms with Gasteiger partial charge in [-0.25, -0.2) is 17.4 Å². The first-order chi connectivity index (χ1) is 9.91. The summed E-state index contributed by atoms with van der Waals surface area (Å²) in [5.74, 6) is 0. The van der Waals surface area contributed by atoms with E-state index in [1.807, 2.05) is 6.92 Å². The number of nitrogens with zero attached hydrogens (tertiary/aromatic N) is 2. The van der Waals surface area contributed by atoms with Crippen molar-refractivity contribution >= 4 is 55.1 Å². The average Bonchev–Trinajstić information content (AvgIpc) is 2.79. The van der Waals surface area contributed by atoms with Crippen molar-refractivity contribution in [1.29, 1.82) is 0 Å². The predicted molar refractivity (Wildman–Crippen MR) is 91.2 cm³/mol. The molecule has 0 aliphatic heterocycles. The second-order valence-corrected chi connectivity index (χ2v) is 7.92. The van der Waals surface area contributed by atoms with Crippen molar-refractivity contribution in [3.05, 3.63) is 57.0 Å². The second-order valence-electron chi connectivity index (χ2n) is 4.59. The Morgan fingerprint density at radius 3 is 2.52 bits per heavy atom. The highest BCUT2D eigenvalue weighted by Gasteiger charge is 2.22. The van der Waals surface area contributed by atoms with Crippen LogP contribution in [-0.2, 0) is 10.0 Å². The molecule has 1 aromatic carbocycles. The number of hydrogen-bond donors (Lipinski definition) is 0. The molecule has 0 saturated heterocycles. The zero-order valence-corrected chi connectivity index (χ0v) is 14.6. The fraction of sp³-hybridized carbons (Fsp3) is 0.0714. The summed E-state index contributed by atoms with van der Waals surface area (Å²) in [7, 11) is -3.70. The van der Waals surface area contributed by atoms with Crippen LogP contribution in [0.25, 0.3) is 10.9 Å². The Hall–Kier alpha value is -1.12. The molecule has 0 aliphatic rings. The first-order valence-electron chi connectivity index (χ1n) is 6.04. The van der Waals surface area contributed by atoms with E-state index in [2.05, 4.69) is 27.6 Å². The van der Waals surface area contributed by atoms with Gasteiger partial charge in [0.2, 0.25) is 0 Å². The van der Waals surface area contributed by atoms with Crippen molar-refractivity contribution in [2.45, 2.75) is 11.8 Å². The normalized spacial score (nSPS) is 12.0. The Morgan fingerprint density at radius 1 is 1.19 bits per heavy atom. The molecule has 0 bridgehead atoms. The van der Waals surface area contributed by atoms with Gasteiger partial charge >= 0.3 is 0 Å². The van der Waals surface area contributed by atoms with Crippen LogP contribution in [0.5, 0.6) is 0 Å². The molecule has 108 valence electrons. The van der Waals surface area contributed by atoms with Crippen molar-refractivity contribution < 1.29 is 8.42 Å². The number of aryl methyl sites for hydroxylation is 1.